The second-order valence-corrected chi connectivity index (χ2v) is 5.27. The molecule has 112 valence electrons. The lowest BCUT2D eigenvalue weighted by molar-refractivity contribution is -0.149. The lowest BCUT2D eigenvalue weighted by atomic mass is 9.82. The summed E-state index contributed by atoms with van der Waals surface area (Å²) in [6.07, 6.45) is 3.58. The van der Waals surface area contributed by atoms with Gasteiger partial charge in [-0.1, -0.05) is 19.1 Å². The molecule has 2 aliphatic rings. The number of hydrogen-bond acceptors (Lipinski definition) is 4. The van der Waals surface area contributed by atoms with Crippen molar-refractivity contribution in [2.45, 2.75) is 25.6 Å². The van der Waals surface area contributed by atoms with Gasteiger partial charge in [0.05, 0.1) is 18.1 Å². The Kier molecular flexibility index (Phi) is 4.77. The van der Waals surface area contributed by atoms with Crippen LogP contribution in [0.15, 0.2) is 12.2 Å². The summed E-state index contributed by atoms with van der Waals surface area (Å²) in [5, 5.41) is 12.4. The molecule has 1 amide bonds. The molecule has 2 rings (SSSR count). The quantitative estimate of drug-likeness (QED) is 0.647. The standard InChI is InChI=1S/C14H22N2O4/c1-3-7-16(8-6-15-2)13(17)11-9-4-5-10(20-9)12(11)14(18)19/h4-5,9-12,15H,3,6-8H2,1-2H3,(H,18,19)/t9-,10+,11?,12?/m0/s1. The van der Waals surface area contributed by atoms with Crippen LogP contribution in [0.4, 0.5) is 0 Å². The monoisotopic (exact) mass is 282 g/mol. The van der Waals surface area contributed by atoms with Crippen LogP contribution in [-0.4, -0.2) is 60.8 Å². The molecule has 6 nitrogen and oxygen atoms in total. The fourth-order valence-corrected chi connectivity index (χ4v) is 2.96. The van der Waals surface area contributed by atoms with Gasteiger partial charge in [-0.2, -0.15) is 0 Å². The van der Waals surface area contributed by atoms with Gasteiger partial charge in [-0.05, 0) is 13.5 Å². The summed E-state index contributed by atoms with van der Waals surface area (Å²) in [7, 11) is 1.83. The fraction of sp³-hybridized carbons (Fsp3) is 0.714. The van der Waals surface area contributed by atoms with Gasteiger partial charge in [0, 0.05) is 19.6 Å². The van der Waals surface area contributed by atoms with Crippen molar-refractivity contribution in [3.8, 4) is 0 Å². The number of carbonyl (C=O) groups is 2. The molecule has 0 aromatic heterocycles. The number of aliphatic carboxylic acids is 1. The van der Waals surface area contributed by atoms with E-state index in [1.54, 1.807) is 11.0 Å². The van der Waals surface area contributed by atoms with E-state index in [1.807, 2.05) is 20.0 Å². The molecular weight excluding hydrogens is 260 g/mol. The van der Waals surface area contributed by atoms with Crippen molar-refractivity contribution in [2.75, 3.05) is 26.7 Å². The number of nitrogens with one attached hydrogen (secondary N) is 1. The largest absolute Gasteiger partial charge is 0.481 e. The van der Waals surface area contributed by atoms with Crippen molar-refractivity contribution in [2.24, 2.45) is 11.8 Å². The number of amides is 1. The minimum absolute atomic E-state index is 0.105. The maximum Gasteiger partial charge on any atom is 0.310 e. The molecule has 1 saturated heterocycles. The fourth-order valence-electron chi connectivity index (χ4n) is 2.96. The van der Waals surface area contributed by atoms with E-state index in [1.165, 1.54) is 0 Å². The molecule has 2 unspecified atom stereocenters. The zero-order valence-electron chi connectivity index (χ0n) is 11.9. The van der Waals surface area contributed by atoms with Crippen LogP contribution in [0.5, 0.6) is 0 Å². The molecule has 0 radical (unpaired) electrons. The zero-order valence-corrected chi connectivity index (χ0v) is 11.9. The molecule has 1 fully saturated rings. The van der Waals surface area contributed by atoms with Crippen LogP contribution in [0.3, 0.4) is 0 Å². The summed E-state index contributed by atoms with van der Waals surface area (Å²) in [6.45, 7) is 3.93. The Morgan fingerprint density at radius 2 is 1.90 bits per heavy atom. The molecule has 0 spiro atoms. The molecule has 2 bridgehead atoms. The number of ether oxygens (including phenoxy) is 1. The Labute approximate surface area is 118 Å². The number of carbonyl (C=O) groups excluding carboxylic acids is 1. The molecule has 0 aromatic rings. The number of nitrogens with zero attached hydrogens (tertiary/aromatic N) is 1. The predicted octanol–water partition coefficient (Wildman–Crippen LogP) is 0.0986. The van der Waals surface area contributed by atoms with Crippen LogP contribution in [0.2, 0.25) is 0 Å². The Balaban J connectivity index is 2.13. The maximum atomic E-state index is 12.7. The van der Waals surface area contributed by atoms with Crippen LogP contribution in [0.1, 0.15) is 13.3 Å². The van der Waals surface area contributed by atoms with Gasteiger partial charge >= 0.3 is 5.97 Å². The van der Waals surface area contributed by atoms with Gasteiger partial charge in [-0.25, -0.2) is 0 Å². The van der Waals surface area contributed by atoms with Crippen LogP contribution in [0, 0.1) is 11.8 Å². The topological polar surface area (TPSA) is 78.9 Å². The highest BCUT2D eigenvalue weighted by atomic mass is 16.5. The number of fused-ring (bicyclic) bond motifs is 2. The molecule has 0 saturated carbocycles. The Bertz CT molecular complexity index is 410. The lowest BCUT2D eigenvalue weighted by Gasteiger charge is -2.29. The van der Waals surface area contributed by atoms with E-state index >= 15 is 0 Å². The zero-order chi connectivity index (χ0) is 14.7. The highest BCUT2D eigenvalue weighted by Gasteiger charge is 2.53. The third-order valence-corrected chi connectivity index (χ3v) is 3.91. The Hall–Kier alpha value is -1.40. The van der Waals surface area contributed by atoms with Gasteiger partial charge in [0.25, 0.3) is 0 Å². The number of likely N-dealkylation sites (N-methyl/N-ethyl adjacent to an activating group) is 1. The molecular formula is C14H22N2O4. The smallest absolute Gasteiger partial charge is 0.310 e. The van der Waals surface area contributed by atoms with Gasteiger partial charge in [-0.15, -0.1) is 0 Å². The van der Waals surface area contributed by atoms with Crippen LogP contribution >= 0.6 is 0 Å². The molecule has 20 heavy (non-hydrogen) atoms. The summed E-state index contributed by atoms with van der Waals surface area (Å²) in [6, 6.07) is 0. The SMILES string of the molecule is CCCN(CCNC)C(=O)C1C(C(=O)O)[C@H]2C=C[C@@H]1O2. The molecule has 2 heterocycles. The Morgan fingerprint density at radius 3 is 2.45 bits per heavy atom. The third-order valence-electron chi connectivity index (χ3n) is 3.91. The second-order valence-electron chi connectivity index (χ2n) is 5.27. The molecule has 2 aliphatic heterocycles. The molecule has 0 aliphatic carbocycles. The molecule has 6 heteroatoms. The summed E-state index contributed by atoms with van der Waals surface area (Å²) >= 11 is 0. The number of carboxylic acid groups (broad SMARTS) is 1. The van der Waals surface area contributed by atoms with Crippen molar-refractivity contribution in [1.82, 2.24) is 10.2 Å². The maximum absolute atomic E-state index is 12.7. The van der Waals surface area contributed by atoms with Gasteiger partial charge in [-0.3, -0.25) is 9.59 Å². The van der Waals surface area contributed by atoms with E-state index in [0.29, 0.717) is 19.6 Å². The van der Waals surface area contributed by atoms with Crippen LogP contribution in [-0.2, 0) is 14.3 Å². The third kappa shape index (κ3) is 2.71. The highest BCUT2D eigenvalue weighted by Crippen LogP contribution is 2.40. The first kappa shape index (κ1) is 15.0. The van der Waals surface area contributed by atoms with Crippen molar-refractivity contribution in [3.63, 3.8) is 0 Å². The van der Waals surface area contributed by atoms with E-state index in [0.717, 1.165) is 6.42 Å². The van der Waals surface area contributed by atoms with Crippen molar-refractivity contribution in [1.29, 1.82) is 0 Å². The van der Waals surface area contributed by atoms with Crippen LogP contribution < -0.4 is 5.32 Å². The van der Waals surface area contributed by atoms with E-state index < -0.39 is 23.9 Å². The van der Waals surface area contributed by atoms with E-state index in [2.05, 4.69) is 5.32 Å². The first-order chi connectivity index (χ1) is 9.60. The predicted molar refractivity (Wildman–Crippen MR) is 73.2 cm³/mol. The average Bonchev–Trinajstić information content (AvgIpc) is 3.02. The minimum Gasteiger partial charge on any atom is -0.481 e. The van der Waals surface area contributed by atoms with E-state index in [-0.39, 0.29) is 12.0 Å². The van der Waals surface area contributed by atoms with Gasteiger partial charge in [0.1, 0.15) is 5.92 Å². The van der Waals surface area contributed by atoms with Crippen LogP contribution in [0.25, 0.3) is 0 Å². The molecule has 2 N–H and O–H groups in total. The number of hydrogen-bond donors (Lipinski definition) is 2. The van der Waals surface area contributed by atoms with Gasteiger partial charge in [0.15, 0.2) is 0 Å². The van der Waals surface area contributed by atoms with Crippen molar-refractivity contribution in [3.05, 3.63) is 12.2 Å². The first-order valence-electron chi connectivity index (χ1n) is 7.10. The van der Waals surface area contributed by atoms with E-state index in [9.17, 15) is 14.7 Å². The van der Waals surface area contributed by atoms with Gasteiger partial charge < -0.3 is 20.1 Å². The lowest BCUT2D eigenvalue weighted by Crippen LogP contribution is -2.46. The molecule has 4 atom stereocenters. The number of carboxylic acids is 1. The first-order valence-corrected chi connectivity index (χ1v) is 7.10. The number of rotatable bonds is 7. The Morgan fingerprint density at radius 1 is 1.25 bits per heavy atom. The second kappa shape index (κ2) is 6.37. The van der Waals surface area contributed by atoms with Crippen molar-refractivity contribution >= 4 is 11.9 Å². The summed E-state index contributed by atoms with van der Waals surface area (Å²) < 4.78 is 5.56. The van der Waals surface area contributed by atoms with E-state index in [4.69, 9.17) is 4.74 Å². The molecule has 0 aromatic carbocycles. The summed E-state index contributed by atoms with van der Waals surface area (Å²) in [5.41, 5.74) is 0. The highest BCUT2D eigenvalue weighted by molar-refractivity contribution is 5.87. The summed E-state index contributed by atoms with van der Waals surface area (Å²) in [5.74, 6) is -2.41. The average molecular weight is 282 g/mol. The minimum atomic E-state index is -0.953. The van der Waals surface area contributed by atoms with Gasteiger partial charge in [0.2, 0.25) is 5.91 Å². The normalized spacial score (nSPS) is 30.7. The summed E-state index contributed by atoms with van der Waals surface area (Å²) in [4.78, 5) is 25.8. The van der Waals surface area contributed by atoms with Crippen molar-refractivity contribution < 1.29 is 19.4 Å².